The molecule has 12 nitrogen and oxygen atoms in total. The number of alkyl halides is 4. The summed E-state index contributed by atoms with van der Waals surface area (Å²) in [5.74, 6) is -1.59. The molecule has 1 fully saturated rings. The van der Waals surface area contributed by atoms with E-state index < -0.39 is 42.4 Å². The van der Waals surface area contributed by atoms with Gasteiger partial charge in [-0.1, -0.05) is 35.9 Å². The number of aliphatic carboxylic acids is 1. The number of ether oxygens (including phenoxy) is 3. The topological polar surface area (TPSA) is 128 Å². The van der Waals surface area contributed by atoms with Gasteiger partial charge in [0.2, 0.25) is 12.0 Å². The fourth-order valence-corrected chi connectivity index (χ4v) is 8.38. The van der Waals surface area contributed by atoms with E-state index in [2.05, 4.69) is 31.9 Å². The quantitative estimate of drug-likeness (QED) is 0.0950. The van der Waals surface area contributed by atoms with Crippen molar-refractivity contribution in [3.05, 3.63) is 95.0 Å². The lowest BCUT2D eigenvalue weighted by Gasteiger charge is -2.32. The van der Waals surface area contributed by atoms with Gasteiger partial charge in [-0.15, -0.1) is 11.3 Å². The zero-order chi connectivity index (χ0) is 42.9. The maximum absolute atomic E-state index is 16.8. The minimum absolute atomic E-state index is 0.0392. The molecule has 0 aliphatic carbocycles. The summed E-state index contributed by atoms with van der Waals surface area (Å²) in [6.45, 7) is 5.24. The third-order valence-electron chi connectivity index (χ3n) is 10.1. The van der Waals surface area contributed by atoms with Crippen LogP contribution in [0.4, 0.5) is 22.0 Å². The number of hydrogen-bond acceptors (Lipinski definition) is 11. The van der Waals surface area contributed by atoms with Crippen LogP contribution in [0.5, 0.6) is 17.4 Å². The summed E-state index contributed by atoms with van der Waals surface area (Å²) >= 11 is 8.02. The Hall–Kier alpha value is -5.17. The van der Waals surface area contributed by atoms with Crippen molar-refractivity contribution in [2.45, 2.75) is 37.3 Å². The zero-order valence-electron chi connectivity index (χ0n) is 32.8. The Balaban J connectivity index is 1.23. The second-order valence-electron chi connectivity index (χ2n) is 14.7. The van der Waals surface area contributed by atoms with Crippen molar-refractivity contribution in [1.82, 2.24) is 29.5 Å². The Labute approximate surface area is 351 Å². The van der Waals surface area contributed by atoms with Crippen molar-refractivity contribution < 1.29 is 50.5 Å². The summed E-state index contributed by atoms with van der Waals surface area (Å²) in [6.07, 6.45) is -6.91. The van der Waals surface area contributed by atoms with Crippen LogP contribution in [0.1, 0.15) is 23.0 Å². The number of furan rings is 1. The summed E-state index contributed by atoms with van der Waals surface area (Å²) in [6, 6.07) is 12.1. The van der Waals surface area contributed by atoms with Crippen LogP contribution in [0.3, 0.4) is 0 Å². The molecule has 7 rings (SSSR count). The number of carboxylic acids is 1. The van der Waals surface area contributed by atoms with Gasteiger partial charge in [-0.05, 0) is 49.4 Å². The van der Waals surface area contributed by atoms with Crippen LogP contribution in [0.2, 0.25) is 5.02 Å². The van der Waals surface area contributed by atoms with Crippen LogP contribution in [0.15, 0.2) is 71.5 Å². The molecular formula is C39H38B2ClF5N6O6S. The lowest BCUT2D eigenvalue weighted by atomic mass is 9.63. The molecule has 5 heterocycles. The standard InChI is InChI=1S/C39H38B2ClF5N6O6S/c1-21-22(7-8-25(31(21)42)56-18-17-52-15-13-51(2)14-16-52)29-30-35(48-20-49-36(30)60-34(29)26-9-10-28(43)57-26)58-33(37(54)55)32(44)23-5-3-4-6-24(23)59-39(40,41)27-11-12-50-53(27)19-38(45,46)47/h3-12,20,32-33H,13-19,40-41H2,1-2H3,(H,54,55). The largest absolute Gasteiger partial charge is 0.499 e. The Bertz CT molecular complexity index is 2490. The first-order valence-corrected chi connectivity index (χ1v) is 20.0. The molecule has 0 spiro atoms. The maximum atomic E-state index is 16.8. The molecule has 0 bridgehead atoms. The van der Waals surface area contributed by atoms with Crippen LogP contribution in [-0.4, -0.2) is 115 Å². The van der Waals surface area contributed by atoms with Gasteiger partial charge in [0, 0.05) is 56.1 Å². The second-order valence-corrected chi connectivity index (χ2v) is 16.1. The summed E-state index contributed by atoms with van der Waals surface area (Å²) < 4.78 is 95.5. The Morgan fingerprint density at radius 2 is 1.80 bits per heavy atom. The minimum atomic E-state index is -4.58. The van der Waals surface area contributed by atoms with Gasteiger partial charge in [-0.2, -0.15) is 22.7 Å². The predicted octanol–water partition coefficient (Wildman–Crippen LogP) is 6.10. The van der Waals surface area contributed by atoms with Gasteiger partial charge in [0.05, 0.1) is 26.4 Å². The van der Waals surface area contributed by atoms with E-state index in [1.165, 1.54) is 58.3 Å². The van der Waals surface area contributed by atoms with Crippen molar-refractivity contribution in [2.75, 3.05) is 46.4 Å². The van der Waals surface area contributed by atoms with Crippen LogP contribution >= 0.6 is 22.9 Å². The monoisotopic (exact) mass is 870 g/mol. The van der Waals surface area contributed by atoms with Gasteiger partial charge in [0.15, 0.2) is 21.9 Å². The average Bonchev–Trinajstić information content (AvgIpc) is 3.94. The van der Waals surface area contributed by atoms with Crippen molar-refractivity contribution in [1.29, 1.82) is 0 Å². The summed E-state index contributed by atoms with van der Waals surface area (Å²) in [5, 5.41) is 13.2. The lowest BCUT2D eigenvalue weighted by Crippen LogP contribution is -2.45. The fourth-order valence-electron chi connectivity index (χ4n) is 7.05. The number of likely N-dealkylation sites (N-methyl/N-ethyl adjacent to an activating group) is 1. The highest BCUT2D eigenvalue weighted by Gasteiger charge is 2.38. The molecule has 2 unspecified atom stereocenters. The normalized spacial score (nSPS) is 15.3. The van der Waals surface area contributed by atoms with E-state index >= 15 is 4.39 Å². The number of piperazine rings is 1. The van der Waals surface area contributed by atoms with E-state index in [-0.39, 0.29) is 38.9 Å². The second kappa shape index (κ2) is 17.4. The molecule has 21 heteroatoms. The van der Waals surface area contributed by atoms with Crippen LogP contribution in [0, 0.1) is 12.9 Å². The van der Waals surface area contributed by atoms with E-state index in [9.17, 15) is 27.5 Å². The molecule has 2 atom stereocenters. The van der Waals surface area contributed by atoms with Crippen molar-refractivity contribution in [2.24, 2.45) is 0 Å². The van der Waals surface area contributed by atoms with Gasteiger partial charge in [0.25, 0.3) is 6.01 Å². The summed E-state index contributed by atoms with van der Waals surface area (Å²) in [7, 11) is 5.04. The number of rotatable bonds is 15. The van der Waals surface area contributed by atoms with E-state index in [1.807, 2.05) is 0 Å². The number of carbonyl (C=O) groups is 1. The summed E-state index contributed by atoms with van der Waals surface area (Å²) in [5.41, 5.74) is 1.22. The molecule has 0 amide bonds. The van der Waals surface area contributed by atoms with Gasteiger partial charge < -0.3 is 28.6 Å². The van der Waals surface area contributed by atoms with E-state index in [0.29, 0.717) is 45.5 Å². The first kappa shape index (κ1) is 42.9. The third kappa shape index (κ3) is 9.26. The number of para-hydroxylation sites is 1. The zero-order valence-corrected chi connectivity index (χ0v) is 34.4. The molecule has 4 aromatic heterocycles. The average molecular weight is 871 g/mol. The number of benzene rings is 2. The predicted molar refractivity (Wildman–Crippen MR) is 220 cm³/mol. The first-order chi connectivity index (χ1) is 28.5. The minimum Gasteiger partial charge on any atom is -0.499 e. The highest BCUT2D eigenvalue weighted by molar-refractivity contribution is 7.22. The number of hydrogen-bond donors (Lipinski definition) is 1. The SMILES string of the molecule is BC(B)(Oc1ccccc1C(F)C(Oc1ncnc2sc(-c3ccc(F)o3)c(-c3ccc(OCCN4CCN(C)CC4)c(Cl)c3C)c12)C(=O)O)c1ccnn1CC(F)(F)F. The van der Waals surface area contributed by atoms with Gasteiger partial charge in [-0.3, -0.25) is 9.58 Å². The summed E-state index contributed by atoms with van der Waals surface area (Å²) in [4.78, 5) is 26.8. The fraction of sp³-hybridized carbons (Fsp3) is 0.333. The van der Waals surface area contributed by atoms with E-state index in [4.69, 9.17) is 30.2 Å². The molecule has 6 aromatic rings. The lowest BCUT2D eigenvalue weighted by molar-refractivity contribution is -0.148. The number of halogens is 6. The van der Waals surface area contributed by atoms with E-state index in [0.717, 1.165) is 54.6 Å². The smallest absolute Gasteiger partial charge is 0.408 e. The van der Waals surface area contributed by atoms with Gasteiger partial charge >= 0.3 is 12.1 Å². The molecule has 0 radical (unpaired) electrons. The van der Waals surface area contributed by atoms with Crippen molar-refractivity contribution in [3.8, 4) is 39.1 Å². The van der Waals surface area contributed by atoms with E-state index in [1.54, 1.807) is 19.1 Å². The van der Waals surface area contributed by atoms with Gasteiger partial charge in [-0.25, -0.2) is 19.2 Å². The van der Waals surface area contributed by atoms with Crippen molar-refractivity contribution in [3.63, 3.8) is 0 Å². The first-order valence-electron chi connectivity index (χ1n) is 18.8. The Morgan fingerprint density at radius 1 is 1.05 bits per heavy atom. The Morgan fingerprint density at radius 3 is 2.50 bits per heavy atom. The Kier molecular flexibility index (Phi) is 12.5. The third-order valence-corrected chi connectivity index (χ3v) is 11.7. The number of nitrogens with zero attached hydrogens (tertiary/aromatic N) is 6. The van der Waals surface area contributed by atoms with Crippen LogP contribution in [-0.2, 0) is 16.7 Å². The number of carboxylic acid groups (broad SMARTS) is 1. The highest BCUT2D eigenvalue weighted by Crippen LogP contribution is 2.50. The van der Waals surface area contributed by atoms with Gasteiger partial charge in [0.1, 0.15) is 41.6 Å². The maximum Gasteiger partial charge on any atom is 0.408 e. The highest BCUT2D eigenvalue weighted by atomic mass is 35.5. The number of aromatic nitrogens is 4. The molecule has 0 saturated carbocycles. The molecule has 2 aromatic carbocycles. The molecule has 1 N–H and O–H groups in total. The van der Waals surface area contributed by atoms with Crippen molar-refractivity contribution >= 4 is 54.8 Å². The molecule has 1 aliphatic rings. The number of thiophene rings is 1. The van der Waals surface area contributed by atoms with Crippen LogP contribution < -0.4 is 14.2 Å². The number of fused-ring (bicyclic) bond motifs is 1. The molecular weight excluding hydrogens is 833 g/mol. The molecule has 314 valence electrons. The molecule has 60 heavy (non-hydrogen) atoms. The molecule has 1 aliphatic heterocycles. The van der Waals surface area contributed by atoms with Crippen LogP contribution in [0.25, 0.3) is 32.0 Å². The molecule has 1 saturated heterocycles.